The van der Waals surface area contributed by atoms with Gasteiger partial charge in [-0.25, -0.2) is 0 Å². The molecule has 2 N–H and O–H groups in total. The highest BCUT2D eigenvalue weighted by atomic mass is 16.5. The van der Waals surface area contributed by atoms with E-state index in [1.54, 1.807) is 0 Å². The summed E-state index contributed by atoms with van der Waals surface area (Å²) < 4.78 is 4.65. The molecular weight excluding hydrogens is 228 g/mol. The molecule has 1 saturated carbocycles. The van der Waals surface area contributed by atoms with Crippen molar-refractivity contribution in [1.82, 2.24) is 10.6 Å². The number of nitrogens with one attached hydrogen (secondary N) is 2. The van der Waals surface area contributed by atoms with Crippen LogP contribution in [0, 0.1) is 5.92 Å². The minimum absolute atomic E-state index is 0.0998. The van der Waals surface area contributed by atoms with Crippen molar-refractivity contribution in [3.05, 3.63) is 0 Å². The van der Waals surface area contributed by atoms with Crippen molar-refractivity contribution < 1.29 is 9.53 Å². The van der Waals surface area contributed by atoms with Crippen molar-refractivity contribution in [1.29, 1.82) is 0 Å². The molecule has 18 heavy (non-hydrogen) atoms. The van der Waals surface area contributed by atoms with Crippen molar-refractivity contribution in [2.45, 2.75) is 57.0 Å². The van der Waals surface area contributed by atoms with Crippen molar-refractivity contribution >= 4 is 5.97 Å². The van der Waals surface area contributed by atoms with Crippen LogP contribution in [-0.2, 0) is 9.53 Å². The van der Waals surface area contributed by atoms with Crippen molar-refractivity contribution in [3.63, 3.8) is 0 Å². The Morgan fingerprint density at radius 2 is 2.22 bits per heavy atom. The van der Waals surface area contributed by atoms with E-state index in [2.05, 4.69) is 15.4 Å². The summed E-state index contributed by atoms with van der Waals surface area (Å²) in [7, 11) is 1.45. The molecule has 1 aliphatic carbocycles. The lowest BCUT2D eigenvalue weighted by Crippen LogP contribution is -2.42. The predicted molar refractivity (Wildman–Crippen MR) is 71.4 cm³/mol. The average molecular weight is 254 g/mol. The van der Waals surface area contributed by atoms with Gasteiger partial charge in [-0.15, -0.1) is 0 Å². The summed E-state index contributed by atoms with van der Waals surface area (Å²) in [4.78, 5) is 11.0. The van der Waals surface area contributed by atoms with Crippen LogP contribution in [0.4, 0.5) is 0 Å². The minimum atomic E-state index is -0.0998. The Labute approximate surface area is 110 Å². The van der Waals surface area contributed by atoms with E-state index >= 15 is 0 Å². The first-order chi connectivity index (χ1) is 8.81. The van der Waals surface area contributed by atoms with E-state index < -0.39 is 0 Å². The summed E-state index contributed by atoms with van der Waals surface area (Å²) in [5.41, 5.74) is 0. The maximum absolute atomic E-state index is 11.0. The average Bonchev–Trinajstić information content (AvgIpc) is 3.04. The van der Waals surface area contributed by atoms with Gasteiger partial charge in [0.15, 0.2) is 0 Å². The molecule has 0 spiro atoms. The Bertz CT molecular complexity index is 265. The first kappa shape index (κ1) is 13.8. The summed E-state index contributed by atoms with van der Waals surface area (Å²) in [6.07, 6.45) is 8.07. The molecule has 0 aromatic rings. The monoisotopic (exact) mass is 254 g/mol. The third-order valence-corrected chi connectivity index (χ3v) is 4.38. The van der Waals surface area contributed by atoms with Crippen LogP contribution in [0.25, 0.3) is 0 Å². The van der Waals surface area contributed by atoms with E-state index in [9.17, 15) is 4.79 Å². The van der Waals surface area contributed by atoms with Crippen LogP contribution >= 0.6 is 0 Å². The van der Waals surface area contributed by atoms with Crippen molar-refractivity contribution in [2.24, 2.45) is 5.92 Å². The number of ether oxygens (including phenoxy) is 1. The molecule has 0 bridgehead atoms. The molecule has 1 aliphatic heterocycles. The first-order valence-corrected chi connectivity index (χ1v) is 7.35. The van der Waals surface area contributed by atoms with Crippen LogP contribution in [0.15, 0.2) is 0 Å². The molecule has 4 nitrogen and oxygen atoms in total. The maximum Gasteiger partial charge on any atom is 0.305 e. The molecule has 1 heterocycles. The smallest absolute Gasteiger partial charge is 0.305 e. The standard InChI is InChI=1S/C14H26N2O2/c1-18-14(17)8-4-10-16-12-6-2-5-11(12)13-7-3-9-15-13/h11-13,15-16H,2-10H2,1H3. The van der Waals surface area contributed by atoms with Gasteiger partial charge in [0.05, 0.1) is 7.11 Å². The predicted octanol–water partition coefficient (Wildman–Crippen LogP) is 1.45. The summed E-state index contributed by atoms with van der Waals surface area (Å²) >= 11 is 0. The lowest BCUT2D eigenvalue weighted by Gasteiger charge is -2.26. The molecular formula is C14H26N2O2. The molecule has 0 amide bonds. The van der Waals surface area contributed by atoms with Gasteiger partial charge in [0.25, 0.3) is 0 Å². The maximum atomic E-state index is 11.0. The first-order valence-electron chi connectivity index (χ1n) is 7.35. The van der Waals surface area contributed by atoms with Crippen LogP contribution in [0.3, 0.4) is 0 Å². The topological polar surface area (TPSA) is 50.4 Å². The molecule has 0 aromatic carbocycles. The number of rotatable bonds is 6. The zero-order valence-electron chi connectivity index (χ0n) is 11.4. The number of carbonyl (C=O) groups excluding carboxylic acids is 1. The van der Waals surface area contributed by atoms with Gasteiger partial charge in [-0.1, -0.05) is 6.42 Å². The lowest BCUT2D eigenvalue weighted by atomic mass is 9.93. The fourth-order valence-electron chi connectivity index (χ4n) is 3.42. The molecule has 1 saturated heterocycles. The van der Waals surface area contributed by atoms with Gasteiger partial charge in [0, 0.05) is 18.5 Å². The highest BCUT2D eigenvalue weighted by Crippen LogP contribution is 2.31. The molecule has 4 heteroatoms. The number of methoxy groups -OCH3 is 1. The van der Waals surface area contributed by atoms with Gasteiger partial charge in [0.1, 0.15) is 0 Å². The Morgan fingerprint density at radius 1 is 1.33 bits per heavy atom. The van der Waals surface area contributed by atoms with Gasteiger partial charge in [-0.05, 0) is 51.1 Å². The van der Waals surface area contributed by atoms with E-state index in [-0.39, 0.29) is 5.97 Å². The molecule has 2 aliphatic rings. The molecule has 2 rings (SSSR count). The highest BCUT2D eigenvalue weighted by molar-refractivity contribution is 5.69. The van der Waals surface area contributed by atoms with Gasteiger partial charge < -0.3 is 15.4 Å². The van der Waals surface area contributed by atoms with Crippen molar-refractivity contribution in [2.75, 3.05) is 20.2 Å². The van der Waals surface area contributed by atoms with Gasteiger partial charge in [-0.2, -0.15) is 0 Å². The summed E-state index contributed by atoms with van der Waals surface area (Å²) in [5, 5.41) is 7.27. The molecule has 104 valence electrons. The Morgan fingerprint density at radius 3 is 2.94 bits per heavy atom. The molecule has 2 fully saturated rings. The normalized spacial score (nSPS) is 31.7. The number of esters is 1. The molecule has 0 radical (unpaired) electrons. The molecule has 3 atom stereocenters. The van der Waals surface area contributed by atoms with Crippen LogP contribution < -0.4 is 10.6 Å². The summed E-state index contributed by atoms with van der Waals surface area (Å²) in [6, 6.07) is 1.38. The minimum Gasteiger partial charge on any atom is -0.469 e. The number of hydrogen-bond acceptors (Lipinski definition) is 4. The van der Waals surface area contributed by atoms with E-state index in [1.807, 2.05) is 0 Å². The fourth-order valence-corrected chi connectivity index (χ4v) is 3.42. The number of hydrogen-bond donors (Lipinski definition) is 2. The molecule has 0 aromatic heterocycles. The SMILES string of the molecule is COC(=O)CCCNC1CCCC1C1CCCN1. The zero-order valence-corrected chi connectivity index (χ0v) is 11.4. The largest absolute Gasteiger partial charge is 0.469 e. The van der Waals surface area contributed by atoms with E-state index in [4.69, 9.17) is 0 Å². The summed E-state index contributed by atoms with van der Waals surface area (Å²) in [6.45, 7) is 2.12. The highest BCUT2D eigenvalue weighted by Gasteiger charge is 2.34. The fraction of sp³-hybridized carbons (Fsp3) is 0.929. The van der Waals surface area contributed by atoms with E-state index in [0.717, 1.165) is 24.9 Å². The quantitative estimate of drug-likeness (QED) is 0.556. The van der Waals surface area contributed by atoms with Gasteiger partial charge >= 0.3 is 5.97 Å². The zero-order chi connectivity index (χ0) is 12.8. The van der Waals surface area contributed by atoms with E-state index in [0.29, 0.717) is 12.5 Å². The second-order valence-corrected chi connectivity index (χ2v) is 5.54. The van der Waals surface area contributed by atoms with Crippen LogP contribution in [-0.4, -0.2) is 38.3 Å². The lowest BCUT2D eigenvalue weighted by molar-refractivity contribution is -0.140. The van der Waals surface area contributed by atoms with Gasteiger partial charge in [0.2, 0.25) is 0 Å². The number of carbonyl (C=O) groups is 1. The third kappa shape index (κ3) is 3.69. The Hall–Kier alpha value is -0.610. The second-order valence-electron chi connectivity index (χ2n) is 5.54. The second kappa shape index (κ2) is 7.10. The Kier molecular flexibility index (Phi) is 5.45. The van der Waals surface area contributed by atoms with Gasteiger partial charge in [-0.3, -0.25) is 4.79 Å². The summed E-state index contributed by atoms with van der Waals surface area (Å²) in [5.74, 6) is 0.697. The van der Waals surface area contributed by atoms with E-state index in [1.165, 1.54) is 45.8 Å². The molecule has 3 unspecified atom stereocenters. The third-order valence-electron chi connectivity index (χ3n) is 4.38. The van der Waals surface area contributed by atoms with Crippen molar-refractivity contribution in [3.8, 4) is 0 Å². The van der Waals surface area contributed by atoms with Crippen LogP contribution in [0.1, 0.15) is 44.9 Å². The Balaban J connectivity index is 1.66. The van der Waals surface area contributed by atoms with Crippen LogP contribution in [0.5, 0.6) is 0 Å². The van der Waals surface area contributed by atoms with Crippen LogP contribution in [0.2, 0.25) is 0 Å².